The zero-order chi connectivity index (χ0) is 18.5. The predicted molar refractivity (Wildman–Crippen MR) is 112 cm³/mol. The van der Waals surface area contributed by atoms with Crippen LogP contribution in [-0.4, -0.2) is 39.8 Å². The Morgan fingerprint density at radius 3 is 2.85 bits per heavy atom. The smallest absolute Gasteiger partial charge is 0.191 e. The van der Waals surface area contributed by atoms with Crippen molar-refractivity contribution >= 4 is 28.4 Å². The van der Waals surface area contributed by atoms with Crippen molar-refractivity contribution < 1.29 is 4.21 Å². The minimum Gasteiger partial charge on any atom is -0.354 e. The lowest BCUT2D eigenvalue weighted by Crippen LogP contribution is -2.47. The van der Waals surface area contributed by atoms with Crippen LogP contribution in [0.15, 0.2) is 29.3 Å². The summed E-state index contributed by atoms with van der Waals surface area (Å²) in [6, 6.07) is 8.92. The van der Waals surface area contributed by atoms with Crippen LogP contribution >= 0.6 is 11.6 Å². The maximum Gasteiger partial charge on any atom is 0.191 e. The Morgan fingerprint density at radius 2 is 2.12 bits per heavy atom. The van der Waals surface area contributed by atoms with E-state index in [1.165, 1.54) is 5.56 Å². The van der Waals surface area contributed by atoms with Crippen molar-refractivity contribution in [1.29, 1.82) is 0 Å². The number of benzene rings is 1. The third-order valence-corrected chi connectivity index (χ3v) is 7.30. The summed E-state index contributed by atoms with van der Waals surface area (Å²) in [6.07, 6.45) is 5.45. The van der Waals surface area contributed by atoms with E-state index in [9.17, 15) is 4.21 Å². The predicted octanol–water partition coefficient (Wildman–Crippen LogP) is 3.83. The molecule has 0 amide bonds. The van der Waals surface area contributed by atoms with Gasteiger partial charge in [-0.3, -0.25) is 9.20 Å². The second-order valence-electron chi connectivity index (χ2n) is 7.27. The first-order chi connectivity index (χ1) is 12.6. The first kappa shape index (κ1) is 19.7. The fraction of sp³-hybridized carbons (Fsp3) is 0.650. The molecule has 2 fully saturated rings. The topological polar surface area (TPSA) is 53.5 Å². The molecule has 3 rings (SSSR count). The molecular formula is C20H30ClN3OS. The molecule has 1 aromatic rings. The van der Waals surface area contributed by atoms with Gasteiger partial charge in [0.2, 0.25) is 0 Å². The largest absolute Gasteiger partial charge is 0.354 e. The van der Waals surface area contributed by atoms with Crippen LogP contribution in [0.5, 0.6) is 0 Å². The van der Waals surface area contributed by atoms with E-state index in [2.05, 4.69) is 34.7 Å². The van der Waals surface area contributed by atoms with E-state index in [1.54, 1.807) is 0 Å². The third-order valence-electron chi connectivity index (χ3n) is 5.33. The molecule has 26 heavy (non-hydrogen) atoms. The second kappa shape index (κ2) is 9.23. The molecule has 2 aliphatic rings. The molecule has 0 heterocycles. The summed E-state index contributed by atoms with van der Waals surface area (Å²) >= 11 is 6.12. The summed E-state index contributed by atoms with van der Waals surface area (Å²) in [7, 11) is -0.697. The summed E-state index contributed by atoms with van der Waals surface area (Å²) in [5, 5.41) is 8.31. The van der Waals surface area contributed by atoms with Gasteiger partial charge in [0.15, 0.2) is 5.96 Å². The number of aliphatic imine (C=N–C) groups is 1. The van der Waals surface area contributed by atoms with E-state index < -0.39 is 10.8 Å². The molecule has 0 radical (unpaired) electrons. The Hall–Kier alpha value is -1.07. The lowest BCUT2D eigenvalue weighted by atomic mass is 9.95. The highest BCUT2D eigenvalue weighted by atomic mass is 35.5. The van der Waals surface area contributed by atoms with Gasteiger partial charge in [-0.15, -0.1) is 0 Å². The molecule has 1 aromatic carbocycles. The Kier molecular flexibility index (Phi) is 6.98. The van der Waals surface area contributed by atoms with E-state index in [0.717, 1.165) is 55.4 Å². The number of nitrogens with one attached hydrogen (secondary N) is 2. The van der Waals surface area contributed by atoms with Gasteiger partial charge in [-0.25, -0.2) is 0 Å². The van der Waals surface area contributed by atoms with Gasteiger partial charge < -0.3 is 10.6 Å². The van der Waals surface area contributed by atoms with E-state index in [0.29, 0.717) is 23.3 Å². The highest BCUT2D eigenvalue weighted by Gasteiger charge is 2.39. The standard InChI is InChI=1S/C20H30ClN3OS/c1-3-22-20(23-16-9-6-10-17(12-16)26(25)4-2)24-19-13-18(19)14-7-5-8-15(21)11-14/h5,7-8,11,16-19H,3-4,6,9-10,12-13H2,1-2H3,(H2,22,23,24). The Bertz CT molecular complexity index is 666. The van der Waals surface area contributed by atoms with Crippen molar-refractivity contribution in [1.82, 2.24) is 10.6 Å². The molecule has 144 valence electrons. The van der Waals surface area contributed by atoms with Crippen LogP contribution in [0.2, 0.25) is 5.02 Å². The molecule has 5 atom stereocenters. The van der Waals surface area contributed by atoms with Crippen LogP contribution in [-0.2, 0) is 10.8 Å². The van der Waals surface area contributed by atoms with Crippen LogP contribution in [0.3, 0.4) is 0 Å². The summed E-state index contributed by atoms with van der Waals surface area (Å²) in [5.74, 6) is 2.16. The molecule has 2 N–H and O–H groups in total. The Morgan fingerprint density at radius 1 is 1.27 bits per heavy atom. The van der Waals surface area contributed by atoms with Gasteiger partial charge in [0.1, 0.15) is 0 Å². The molecule has 0 spiro atoms. The minimum atomic E-state index is -0.697. The van der Waals surface area contributed by atoms with Gasteiger partial charge in [-0.05, 0) is 50.3 Å². The quantitative estimate of drug-likeness (QED) is 0.568. The van der Waals surface area contributed by atoms with Crippen LogP contribution in [0.4, 0.5) is 0 Å². The summed E-state index contributed by atoms with van der Waals surface area (Å²) in [5.41, 5.74) is 1.29. The second-order valence-corrected chi connectivity index (χ2v) is 9.71. The van der Waals surface area contributed by atoms with E-state index >= 15 is 0 Å². The minimum absolute atomic E-state index is 0.328. The normalized spacial score (nSPS) is 29.9. The van der Waals surface area contributed by atoms with Crippen LogP contribution in [0, 0.1) is 0 Å². The Labute approximate surface area is 164 Å². The number of rotatable bonds is 6. The van der Waals surface area contributed by atoms with Crippen molar-refractivity contribution in [2.45, 2.75) is 69.2 Å². The van der Waals surface area contributed by atoms with E-state index in [1.807, 2.05) is 19.1 Å². The van der Waals surface area contributed by atoms with Gasteiger partial charge in [0.05, 0.1) is 0 Å². The maximum absolute atomic E-state index is 12.2. The Balaban J connectivity index is 1.55. The maximum atomic E-state index is 12.2. The number of hydrogen-bond donors (Lipinski definition) is 2. The fourth-order valence-electron chi connectivity index (χ4n) is 3.87. The summed E-state index contributed by atoms with van der Waals surface area (Å²) in [4.78, 5) is 4.63. The summed E-state index contributed by atoms with van der Waals surface area (Å²) < 4.78 is 12.2. The van der Waals surface area contributed by atoms with E-state index in [-0.39, 0.29) is 0 Å². The SMILES string of the molecule is CCN=C(NC1CCCC(S(=O)CC)C1)NC1CC1c1cccc(Cl)c1. The highest BCUT2D eigenvalue weighted by Crippen LogP contribution is 2.41. The summed E-state index contributed by atoms with van der Waals surface area (Å²) in [6.45, 7) is 4.82. The average molecular weight is 396 g/mol. The van der Waals surface area contributed by atoms with Crippen LogP contribution < -0.4 is 10.6 Å². The highest BCUT2D eigenvalue weighted by molar-refractivity contribution is 7.85. The zero-order valence-corrected chi connectivity index (χ0v) is 17.3. The van der Waals surface area contributed by atoms with Gasteiger partial charge >= 0.3 is 0 Å². The molecular weight excluding hydrogens is 366 g/mol. The molecule has 0 aromatic heterocycles. The first-order valence-electron chi connectivity index (χ1n) is 9.80. The van der Waals surface area contributed by atoms with Crippen LogP contribution in [0.25, 0.3) is 0 Å². The number of guanidine groups is 1. The van der Waals surface area contributed by atoms with Crippen molar-refractivity contribution in [3.63, 3.8) is 0 Å². The van der Waals surface area contributed by atoms with Gasteiger partial charge in [0, 0.05) is 51.4 Å². The molecule has 6 heteroatoms. The van der Waals surface area contributed by atoms with Gasteiger partial charge in [0.25, 0.3) is 0 Å². The molecule has 2 saturated carbocycles. The molecule has 2 aliphatic carbocycles. The lowest BCUT2D eigenvalue weighted by Gasteiger charge is -2.30. The van der Waals surface area contributed by atoms with Crippen molar-refractivity contribution in [3.8, 4) is 0 Å². The monoisotopic (exact) mass is 395 g/mol. The van der Waals surface area contributed by atoms with Crippen LogP contribution in [0.1, 0.15) is 57.4 Å². The van der Waals surface area contributed by atoms with Crippen molar-refractivity contribution in [2.24, 2.45) is 4.99 Å². The molecule has 5 unspecified atom stereocenters. The van der Waals surface area contributed by atoms with E-state index in [4.69, 9.17) is 11.6 Å². The number of halogens is 1. The fourth-order valence-corrected chi connectivity index (χ4v) is 5.42. The first-order valence-corrected chi connectivity index (χ1v) is 11.6. The molecule has 0 bridgehead atoms. The van der Waals surface area contributed by atoms with Gasteiger partial charge in [-0.2, -0.15) is 0 Å². The average Bonchev–Trinajstić information content (AvgIpc) is 3.40. The van der Waals surface area contributed by atoms with Crippen molar-refractivity contribution in [2.75, 3.05) is 12.3 Å². The zero-order valence-electron chi connectivity index (χ0n) is 15.7. The number of nitrogens with zero attached hydrogens (tertiary/aromatic N) is 1. The van der Waals surface area contributed by atoms with Gasteiger partial charge in [-0.1, -0.05) is 37.1 Å². The van der Waals surface area contributed by atoms with Crippen molar-refractivity contribution in [3.05, 3.63) is 34.9 Å². The lowest BCUT2D eigenvalue weighted by molar-refractivity contribution is 0.413. The molecule has 4 nitrogen and oxygen atoms in total. The molecule has 0 aliphatic heterocycles. The third kappa shape index (κ3) is 5.23. The molecule has 0 saturated heterocycles. The number of hydrogen-bond acceptors (Lipinski definition) is 2.